The van der Waals surface area contributed by atoms with Crippen molar-refractivity contribution in [1.82, 2.24) is 5.32 Å². The Morgan fingerprint density at radius 3 is 2.35 bits per heavy atom. The van der Waals surface area contributed by atoms with Gasteiger partial charge in [-0.05, 0) is 43.9 Å². The van der Waals surface area contributed by atoms with Crippen LogP contribution in [-0.2, 0) is 11.2 Å². The monoisotopic (exact) mass is 279 g/mol. The van der Waals surface area contributed by atoms with E-state index in [0.717, 1.165) is 25.2 Å². The summed E-state index contributed by atoms with van der Waals surface area (Å²) in [4.78, 5) is 0. The quantitative estimate of drug-likeness (QED) is 0.712. The van der Waals surface area contributed by atoms with E-state index in [-0.39, 0.29) is 0 Å². The zero-order chi connectivity index (χ0) is 14.8. The highest BCUT2D eigenvalue weighted by Crippen LogP contribution is 2.13. The molecular weight excluding hydrogens is 250 g/mol. The van der Waals surface area contributed by atoms with Crippen LogP contribution in [0.3, 0.4) is 0 Å². The fourth-order valence-electron chi connectivity index (χ4n) is 2.43. The van der Waals surface area contributed by atoms with Gasteiger partial charge in [0.2, 0.25) is 0 Å². The minimum Gasteiger partial charge on any atom is -0.497 e. The Bertz CT molecular complexity index is 345. The Kier molecular flexibility index (Phi) is 8.31. The first-order chi connectivity index (χ1) is 9.69. The van der Waals surface area contributed by atoms with Gasteiger partial charge in [-0.15, -0.1) is 0 Å². The molecule has 0 spiro atoms. The van der Waals surface area contributed by atoms with Crippen molar-refractivity contribution in [2.24, 2.45) is 0 Å². The highest BCUT2D eigenvalue weighted by atomic mass is 16.5. The van der Waals surface area contributed by atoms with E-state index in [9.17, 15) is 0 Å². The lowest BCUT2D eigenvalue weighted by atomic mass is 10.0. The lowest BCUT2D eigenvalue weighted by Crippen LogP contribution is -2.39. The van der Waals surface area contributed by atoms with Gasteiger partial charge in [-0.3, -0.25) is 0 Å². The van der Waals surface area contributed by atoms with E-state index in [4.69, 9.17) is 9.47 Å². The first-order valence-corrected chi connectivity index (χ1v) is 7.57. The predicted molar refractivity (Wildman–Crippen MR) is 84.5 cm³/mol. The number of methoxy groups -OCH3 is 2. The van der Waals surface area contributed by atoms with Gasteiger partial charge in [0.05, 0.1) is 13.7 Å². The van der Waals surface area contributed by atoms with Gasteiger partial charge < -0.3 is 14.8 Å². The number of rotatable bonds is 10. The molecule has 3 nitrogen and oxygen atoms in total. The summed E-state index contributed by atoms with van der Waals surface area (Å²) >= 11 is 0. The van der Waals surface area contributed by atoms with E-state index < -0.39 is 0 Å². The van der Waals surface area contributed by atoms with Gasteiger partial charge in [-0.2, -0.15) is 0 Å². The molecule has 1 N–H and O–H groups in total. The first-order valence-electron chi connectivity index (χ1n) is 7.57. The van der Waals surface area contributed by atoms with E-state index in [1.54, 1.807) is 14.2 Å². The van der Waals surface area contributed by atoms with Crippen LogP contribution in [0.15, 0.2) is 24.3 Å². The first kappa shape index (κ1) is 17.0. The van der Waals surface area contributed by atoms with Crippen LogP contribution in [-0.4, -0.2) is 32.9 Å². The number of hydrogen-bond acceptors (Lipinski definition) is 3. The summed E-state index contributed by atoms with van der Waals surface area (Å²) < 4.78 is 10.4. The average Bonchev–Trinajstić information content (AvgIpc) is 2.46. The Balaban J connectivity index is 2.35. The van der Waals surface area contributed by atoms with Crippen LogP contribution in [0.1, 0.15) is 38.7 Å². The molecular formula is C17H29NO2. The molecule has 0 saturated heterocycles. The van der Waals surface area contributed by atoms with E-state index in [0.29, 0.717) is 12.1 Å². The molecule has 3 heteroatoms. The summed E-state index contributed by atoms with van der Waals surface area (Å²) in [6, 6.07) is 9.31. The van der Waals surface area contributed by atoms with Crippen molar-refractivity contribution >= 4 is 0 Å². The summed E-state index contributed by atoms with van der Waals surface area (Å²) in [7, 11) is 3.47. The van der Waals surface area contributed by atoms with Crippen molar-refractivity contribution in [1.29, 1.82) is 0 Å². The summed E-state index contributed by atoms with van der Waals surface area (Å²) in [5.41, 5.74) is 1.36. The third-order valence-electron chi connectivity index (χ3n) is 3.55. The lowest BCUT2D eigenvalue weighted by Gasteiger charge is -2.22. The molecule has 0 aromatic heterocycles. The Labute approximate surface area is 123 Å². The van der Waals surface area contributed by atoms with E-state index >= 15 is 0 Å². The minimum atomic E-state index is 0.468. The third kappa shape index (κ3) is 6.40. The molecule has 0 bridgehead atoms. The minimum absolute atomic E-state index is 0.468. The van der Waals surface area contributed by atoms with Crippen molar-refractivity contribution < 1.29 is 9.47 Å². The van der Waals surface area contributed by atoms with Crippen LogP contribution >= 0.6 is 0 Å². The van der Waals surface area contributed by atoms with E-state index in [1.165, 1.54) is 18.4 Å². The number of hydrogen-bond donors (Lipinski definition) is 1. The Morgan fingerprint density at radius 1 is 1.10 bits per heavy atom. The summed E-state index contributed by atoms with van der Waals surface area (Å²) in [5, 5.41) is 3.66. The SMILES string of the molecule is CCCC(COC)NC(C)CCc1ccc(OC)cc1. The van der Waals surface area contributed by atoms with Crippen molar-refractivity contribution in [2.45, 2.75) is 51.6 Å². The molecule has 1 aromatic rings. The second kappa shape index (κ2) is 9.78. The molecule has 1 aromatic carbocycles. The molecule has 0 amide bonds. The molecule has 2 atom stereocenters. The van der Waals surface area contributed by atoms with Gasteiger partial charge in [0.1, 0.15) is 5.75 Å². The molecule has 114 valence electrons. The van der Waals surface area contributed by atoms with Crippen LogP contribution in [0.2, 0.25) is 0 Å². The maximum Gasteiger partial charge on any atom is 0.118 e. The maximum absolute atomic E-state index is 5.27. The molecule has 0 heterocycles. The smallest absolute Gasteiger partial charge is 0.118 e. The van der Waals surface area contributed by atoms with Gasteiger partial charge in [-0.1, -0.05) is 25.5 Å². The maximum atomic E-state index is 5.27. The van der Waals surface area contributed by atoms with Crippen molar-refractivity contribution in [3.63, 3.8) is 0 Å². The second-order valence-electron chi connectivity index (χ2n) is 5.40. The second-order valence-corrected chi connectivity index (χ2v) is 5.40. The van der Waals surface area contributed by atoms with Crippen molar-refractivity contribution in [3.8, 4) is 5.75 Å². The third-order valence-corrected chi connectivity index (χ3v) is 3.55. The van der Waals surface area contributed by atoms with Crippen LogP contribution in [0.25, 0.3) is 0 Å². The summed E-state index contributed by atoms with van der Waals surface area (Å²) in [5.74, 6) is 0.919. The fourth-order valence-corrected chi connectivity index (χ4v) is 2.43. The fraction of sp³-hybridized carbons (Fsp3) is 0.647. The predicted octanol–water partition coefficient (Wildman–Crippen LogP) is 3.42. The molecule has 0 saturated carbocycles. The molecule has 0 aliphatic heterocycles. The van der Waals surface area contributed by atoms with E-state index in [1.807, 2.05) is 12.1 Å². The highest BCUT2D eigenvalue weighted by Gasteiger charge is 2.11. The molecule has 1 rings (SSSR count). The van der Waals surface area contributed by atoms with Crippen LogP contribution < -0.4 is 10.1 Å². The molecule has 0 aliphatic carbocycles. The molecule has 0 fully saturated rings. The van der Waals surface area contributed by atoms with Crippen LogP contribution in [0, 0.1) is 0 Å². The van der Waals surface area contributed by atoms with Crippen molar-refractivity contribution in [2.75, 3.05) is 20.8 Å². The van der Waals surface area contributed by atoms with Gasteiger partial charge in [0, 0.05) is 19.2 Å². The van der Waals surface area contributed by atoms with Gasteiger partial charge >= 0.3 is 0 Å². The van der Waals surface area contributed by atoms with Crippen molar-refractivity contribution in [3.05, 3.63) is 29.8 Å². The topological polar surface area (TPSA) is 30.5 Å². The zero-order valence-electron chi connectivity index (χ0n) is 13.3. The van der Waals surface area contributed by atoms with Gasteiger partial charge in [0.15, 0.2) is 0 Å². The van der Waals surface area contributed by atoms with Crippen LogP contribution in [0.4, 0.5) is 0 Å². The largest absolute Gasteiger partial charge is 0.497 e. The number of nitrogens with one attached hydrogen (secondary N) is 1. The lowest BCUT2D eigenvalue weighted by molar-refractivity contribution is 0.156. The average molecular weight is 279 g/mol. The summed E-state index contributed by atoms with van der Waals surface area (Å²) in [6.07, 6.45) is 4.58. The van der Waals surface area contributed by atoms with Gasteiger partial charge in [-0.25, -0.2) is 0 Å². The Morgan fingerprint density at radius 2 is 1.80 bits per heavy atom. The molecule has 2 unspecified atom stereocenters. The number of ether oxygens (including phenoxy) is 2. The number of aryl methyl sites for hydroxylation is 1. The Hall–Kier alpha value is -1.06. The highest BCUT2D eigenvalue weighted by molar-refractivity contribution is 5.27. The van der Waals surface area contributed by atoms with Gasteiger partial charge in [0.25, 0.3) is 0 Å². The summed E-state index contributed by atoms with van der Waals surface area (Å²) in [6.45, 7) is 5.26. The normalized spacial score (nSPS) is 14.0. The molecule has 0 radical (unpaired) electrons. The zero-order valence-corrected chi connectivity index (χ0v) is 13.3. The molecule has 20 heavy (non-hydrogen) atoms. The van der Waals surface area contributed by atoms with E-state index in [2.05, 4.69) is 31.3 Å². The molecule has 0 aliphatic rings. The standard InChI is InChI=1S/C17H29NO2/c1-5-6-16(13-19-3)18-14(2)7-8-15-9-11-17(20-4)12-10-15/h9-12,14,16,18H,5-8,13H2,1-4H3. The number of benzene rings is 1. The van der Waals surface area contributed by atoms with Crippen LogP contribution in [0.5, 0.6) is 5.75 Å².